The summed E-state index contributed by atoms with van der Waals surface area (Å²) in [5.41, 5.74) is 2.12. The molecule has 2 rings (SSSR count). The number of rotatable bonds is 2. The normalized spacial score (nSPS) is 21.0. The molecule has 0 aliphatic carbocycles. The molecule has 0 spiro atoms. The molecule has 1 amide bonds. The Bertz CT molecular complexity index is 505. The van der Waals surface area contributed by atoms with Crippen molar-refractivity contribution in [2.75, 3.05) is 11.9 Å². The summed E-state index contributed by atoms with van der Waals surface area (Å²) < 4.78 is 0. The van der Waals surface area contributed by atoms with E-state index < -0.39 is 0 Å². The first-order valence-corrected chi connectivity index (χ1v) is 7.29. The molecule has 0 saturated carbocycles. The van der Waals surface area contributed by atoms with E-state index in [1.54, 1.807) is 12.1 Å². The van der Waals surface area contributed by atoms with Gasteiger partial charge in [0.2, 0.25) is 5.91 Å². The van der Waals surface area contributed by atoms with Gasteiger partial charge in [-0.2, -0.15) is 0 Å². The van der Waals surface area contributed by atoms with Crippen molar-refractivity contribution in [1.82, 2.24) is 5.32 Å². The maximum absolute atomic E-state index is 12.5. The van der Waals surface area contributed by atoms with E-state index in [-0.39, 0.29) is 69.8 Å². The number of aromatic hydroxyl groups is 1. The van der Waals surface area contributed by atoms with Crippen LogP contribution in [0, 0.1) is 13.3 Å². The molecule has 1 aliphatic rings. The smallest absolute Gasteiger partial charge is 0.243 e. The first-order valence-electron chi connectivity index (χ1n) is 7.29. The van der Waals surface area contributed by atoms with Gasteiger partial charge in [-0.1, -0.05) is 26.8 Å². The van der Waals surface area contributed by atoms with Gasteiger partial charge in [0.25, 0.3) is 0 Å². The standard InChI is InChI=1S/C16H24N2O2.CH3.Y/c1-5-12-8-11-6-7-13(19)9-14(11)18(4)15(10(2)3)16(20)17-12;;/h6-7,9-10,12,15,19H,5,8H2,1-4H3,(H,17,20);1H3;/q;-1;/t12-,15+;;/m1../s1. The van der Waals surface area contributed by atoms with Crippen LogP contribution in [0.2, 0.25) is 0 Å². The molecule has 0 bridgehead atoms. The molecule has 1 aromatic rings. The Morgan fingerprint density at radius 3 is 2.59 bits per heavy atom. The molecular formula is C17H27N2O2Y-. The zero-order valence-electron chi connectivity index (χ0n) is 14.3. The zero-order valence-corrected chi connectivity index (χ0v) is 17.1. The van der Waals surface area contributed by atoms with E-state index in [0.29, 0.717) is 0 Å². The Morgan fingerprint density at radius 1 is 1.41 bits per heavy atom. The molecule has 2 atom stereocenters. The van der Waals surface area contributed by atoms with Gasteiger partial charge in [0, 0.05) is 57.6 Å². The molecule has 0 unspecified atom stereocenters. The first-order chi connectivity index (χ1) is 9.43. The van der Waals surface area contributed by atoms with E-state index in [4.69, 9.17) is 0 Å². The Labute approximate surface area is 159 Å². The Hall–Kier alpha value is -0.606. The Morgan fingerprint density at radius 2 is 2.05 bits per heavy atom. The molecular weight excluding hydrogens is 353 g/mol. The molecule has 0 saturated heterocycles. The Balaban J connectivity index is 0.00000220. The summed E-state index contributed by atoms with van der Waals surface area (Å²) in [6, 6.07) is 5.37. The van der Waals surface area contributed by atoms with Gasteiger partial charge in [0.1, 0.15) is 11.8 Å². The second kappa shape index (κ2) is 8.88. The van der Waals surface area contributed by atoms with Crippen LogP contribution in [0.1, 0.15) is 32.8 Å². The molecule has 121 valence electrons. The number of amides is 1. The van der Waals surface area contributed by atoms with Crippen molar-refractivity contribution < 1.29 is 42.6 Å². The van der Waals surface area contributed by atoms with Crippen LogP contribution in [0.25, 0.3) is 0 Å². The van der Waals surface area contributed by atoms with Crippen LogP contribution in [0.15, 0.2) is 18.2 Å². The fraction of sp³-hybridized carbons (Fsp3) is 0.529. The van der Waals surface area contributed by atoms with Crippen LogP contribution in [0.3, 0.4) is 0 Å². The second-order valence-corrected chi connectivity index (χ2v) is 5.93. The molecule has 2 N–H and O–H groups in total. The fourth-order valence-electron chi connectivity index (χ4n) is 2.98. The molecule has 22 heavy (non-hydrogen) atoms. The number of anilines is 1. The minimum atomic E-state index is -0.218. The average molecular weight is 380 g/mol. The van der Waals surface area contributed by atoms with E-state index in [1.165, 1.54) is 5.56 Å². The minimum Gasteiger partial charge on any atom is -0.508 e. The van der Waals surface area contributed by atoms with E-state index in [2.05, 4.69) is 12.2 Å². The first kappa shape index (κ1) is 21.4. The summed E-state index contributed by atoms with van der Waals surface area (Å²) in [5.74, 6) is 0.515. The number of hydrogen-bond donors (Lipinski definition) is 2. The summed E-state index contributed by atoms with van der Waals surface area (Å²) in [5, 5.41) is 12.9. The minimum absolute atomic E-state index is 0. The summed E-state index contributed by atoms with van der Waals surface area (Å²) in [6.45, 7) is 6.18. The monoisotopic (exact) mass is 380 g/mol. The summed E-state index contributed by atoms with van der Waals surface area (Å²) in [6.07, 6.45) is 1.70. The number of phenols is 1. The molecule has 1 radical (unpaired) electrons. The molecule has 0 aromatic heterocycles. The topological polar surface area (TPSA) is 52.6 Å². The van der Waals surface area contributed by atoms with Gasteiger partial charge in [0.05, 0.1) is 0 Å². The second-order valence-electron chi connectivity index (χ2n) is 5.93. The molecule has 1 aliphatic heterocycles. The van der Waals surface area contributed by atoms with Crippen molar-refractivity contribution in [2.24, 2.45) is 5.92 Å². The number of fused-ring (bicyclic) bond motifs is 1. The van der Waals surface area contributed by atoms with Crippen LogP contribution in [-0.2, 0) is 43.9 Å². The summed E-state index contributed by atoms with van der Waals surface area (Å²) in [4.78, 5) is 14.5. The third-order valence-corrected chi connectivity index (χ3v) is 4.07. The third kappa shape index (κ3) is 4.45. The predicted molar refractivity (Wildman–Crippen MR) is 87.5 cm³/mol. The Kier molecular flexibility index (Phi) is 8.63. The van der Waals surface area contributed by atoms with Gasteiger partial charge in [-0.3, -0.25) is 4.79 Å². The van der Waals surface area contributed by atoms with Crippen molar-refractivity contribution in [3.63, 3.8) is 0 Å². The number of hydrogen-bond acceptors (Lipinski definition) is 3. The van der Waals surface area contributed by atoms with Crippen molar-refractivity contribution in [2.45, 2.75) is 45.7 Å². The number of benzene rings is 1. The van der Waals surface area contributed by atoms with Crippen LogP contribution in [-0.4, -0.2) is 30.1 Å². The number of phenolic OH excluding ortho intramolecular Hbond substituents is 1. The largest absolute Gasteiger partial charge is 0.508 e. The molecule has 4 nitrogen and oxygen atoms in total. The van der Waals surface area contributed by atoms with E-state index in [9.17, 15) is 9.90 Å². The van der Waals surface area contributed by atoms with Crippen LogP contribution in [0.5, 0.6) is 5.75 Å². The van der Waals surface area contributed by atoms with Crippen molar-refractivity contribution in [3.05, 3.63) is 31.2 Å². The summed E-state index contributed by atoms with van der Waals surface area (Å²) >= 11 is 0. The SMILES string of the molecule is CC[C@@H]1Cc2ccc(O)cc2N(C)[C@@H](C(C)C)C(=O)N1.[CH3-].[Y]. The van der Waals surface area contributed by atoms with Crippen LogP contribution < -0.4 is 10.2 Å². The number of nitrogens with zero attached hydrogens (tertiary/aromatic N) is 1. The molecule has 1 heterocycles. The van der Waals surface area contributed by atoms with Gasteiger partial charge in [-0.15, -0.1) is 0 Å². The maximum Gasteiger partial charge on any atom is 0.243 e. The number of carbonyl (C=O) groups is 1. The number of nitrogens with one attached hydrogen (secondary N) is 1. The molecule has 5 heteroatoms. The molecule has 1 aromatic carbocycles. The number of likely N-dealkylation sites (N-methyl/N-ethyl adjacent to an activating group) is 1. The molecule has 0 fully saturated rings. The quantitative estimate of drug-likeness (QED) is 0.776. The average Bonchev–Trinajstić information content (AvgIpc) is 2.38. The predicted octanol–water partition coefficient (Wildman–Crippen LogP) is 2.75. The summed E-state index contributed by atoms with van der Waals surface area (Å²) in [7, 11) is 1.93. The van der Waals surface area contributed by atoms with Crippen molar-refractivity contribution in [3.8, 4) is 5.75 Å². The van der Waals surface area contributed by atoms with Crippen molar-refractivity contribution >= 4 is 11.6 Å². The van der Waals surface area contributed by atoms with Gasteiger partial charge in [-0.25, -0.2) is 0 Å². The van der Waals surface area contributed by atoms with E-state index in [0.717, 1.165) is 18.5 Å². The van der Waals surface area contributed by atoms with Gasteiger partial charge < -0.3 is 22.7 Å². The zero-order chi connectivity index (χ0) is 14.9. The van der Waals surface area contributed by atoms with Crippen LogP contribution in [0.4, 0.5) is 5.69 Å². The van der Waals surface area contributed by atoms with Gasteiger partial charge in [0.15, 0.2) is 0 Å². The third-order valence-electron chi connectivity index (χ3n) is 4.07. The van der Waals surface area contributed by atoms with Gasteiger partial charge >= 0.3 is 0 Å². The van der Waals surface area contributed by atoms with Crippen LogP contribution >= 0.6 is 0 Å². The maximum atomic E-state index is 12.5. The van der Waals surface area contributed by atoms with Gasteiger partial charge in [-0.05, 0) is 30.4 Å². The number of carbonyl (C=O) groups excluding carboxylic acids is 1. The van der Waals surface area contributed by atoms with E-state index >= 15 is 0 Å². The fourth-order valence-corrected chi connectivity index (χ4v) is 2.98. The van der Waals surface area contributed by atoms with Crippen molar-refractivity contribution in [1.29, 1.82) is 0 Å². The van der Waals surface area contributed by atoms with E-state index in [1.807, 2.05) is 31.9 Å².